The lowest BCUT2D eigenvalue weighted by Gasteiger charge is -2.27. The molecule has 0 radical (unpaired) electrons. The van der Waals surface area contributed by atoms with Crippen LogP contribution in [0.3, 0.4) is 0 Å². The smallest absolute Gasteiger partial charge is 0.320 e. The number of nitrogens with one attached hydrogen (secondary N) is 1. The fourth-order valence-electron chi connectivity index (χ4n) is 1.98. The molecule has 1 unspecified atom stereocenters. The molecule has 0 spiro atoms. The minimum absolute atomic E-state index is 0.0794. The van der Waals surface area contributed by atoms with Crippen molar-refractivity contribution in [3.8, 4) is 0 Å². The normalized spacial score (nSPS) is 30.5. The van der Waals surface area contributed by atoms with Crippen LogP contribution in [0.2, 0.25) is 0 Å². The number of carbonyl (C=O) groups excluding carboxylic acids is 1. The molecule has 0 aromatic rings. The summed E-state index contributed by atoms with van der Waals surface area (Å²) in [5.41, 5.74) is 0. The maximum absolute atomic E-state index is 11.0. The number of morpholine rings is 1. The Morgan fingerprint density at radius 2 is 2.54 bits per heavy atom. The maximum Gasteiger partial charge on any atom is 0.320 e. The lowest BCUT2D eigenvalue weighted by molar-refractivity contribution is -0.150. The summed E-state index contributed by atoms with van der Waals surface area (Å²) < 4.78 is 4.87. The Hall–Kier alpha value is -0.610. The van der Waals surface area contributed by atoms with Gasteiger partial charge in [0.05, 0.1) is 6.54 Å². The average molecular weight is 184 g/mol. The lowest BCUT2D eigenvalue weighted by Crippen LogP contribution is -2.45. The van der Waals surface area contributed by atoms with Gasteiger partial charge in [0.2, 0.25) is 0 Å². The molecular weight excluding hydrogens is 168 g/mol. The van der Waals surface area contributed by atoms with E-state index in [1.165, 1.54) is 12.8 Å². The van der Waals surface area contributed by atoms with Crippen molar-refractivity contribution in [3.05, 3.63) is 0 Å². The Kier molecular flexibility index (Phi) is 2.80. The monoisotopic (exact) mass is 184 g/mol. The molecule has 0 amide bonds. The summed E-state index contributed by atoms with van der Waals surface area (Å²) in [4.78, 5) is 13.1. The van der Waals surface area contributed by atoms with E-state index in [9.17, 15) is 4.79 Å². The van der Waals surface area contributed by atoms with E-state index < -0.39 is 0 Å². The van der Waals surface area contributed by atoms with Gasteiger partial charge in [0.25, 0.3) is 0 Å². The number of hydrogen-bond acceptors (Lipinski definition) is 4. The van der Waals surface area contributed by atoms with Crippen LogP contribution >= 0.6 is 0 Å². The quantitative estimate of drug-likeness (QED) is 0.593. The van der Waals surface area contributed by atoms with Gasteiger partial charge in [-0.3, -0.25) is 9.69 Å². The minimum Gasteiger partial charge on any atom is -0.463 e. The first-order valence-corrected chi connectivity index (χ1v) is 4.96. The molecule has 2 aliphatic heterocycles. The Labute approximate surface area is 78.2 Å². The van der Waals surface area contributed by atoms with E-state index in [1.54, 1.807) is 0 Å². The molecule has 2 rings (SSSR count). The van der Waals surface area contributed by atoms with Gasteiger partial charge < -0.3 is 10.1 Å². The highest BCUT2D eigenvalue weighted by atomic mass is 16.5. The van der Waals surface area contributed by atoms with Crippen LogP contribution in [0.5, 0.6) is 0 Å². The molecule has 1 N–H and O–H groups in total. The van der Waals surface area contributed by atoms with Gasteiger partial charge in [-0.25, -0.2) is 0 Å². The Bertz CT molecular complexity index is 190. The van der Waals surface area contributed by atoms with E-state index in [4.69, 9.17) is 4.74 Å². The first kappa shape index (κ1) is 8.97. The molecule has 0 aromatic heterocycles. The number of nitrogens with zero attached hydrogens (tertiary/aromatic N) is 1. The van der Waals surface area contributed by atoms with Gasteiger partial charge in [-0.2, -0.15) is 0 Å². The number of cyclic esters (lactones) is 1. The summed E-state index contributed by atoms with van der Waals surface area (Å²) in [5, 5.41) is 3.42. The third-order valence-corrected chi connectivity index (χ3v) is 2.66. The number of esters is 1. The van der Waals surface area contributed by atoms with Crippen molar-refractivity contribution in [1.29, 1.82) is 0 Å². The summed E-state index contributed by atoms with van der Waals surface area (Å²) in [6, 6.07) is 0.589. The van der Waals surface area contributed by atoms with Gasteiger partial charge in [-0.15, -0.1) is 0 Å². The zero-order valence-electron chi connectivity index (χ0n) is 7.79. The molecule has 0 saturated carbocycles. The number of ether oxygens (including phenoxy) is 1. The van der Waals surface area contributed by atoms with E-state index in [2.05, 4.69) is 10.2 Å². The molecular formula is C9H16N2O2. The van der Waals surface area contributed by atoms with Crippen molar-refractivity contribution in [2.45, 2.75) is 18.9 Å². The van der Waals surface area contributed by atoms with Crippen molar-refractivity contribution in [2.75, 3.05) is 32.8 Å². The van der Waals surface area contributed by atoms with Gasteiger partial charge in [0.15, 0.2) is 0 Å². The zero-order valence-corrected chi connectivity index (χ0v) is 7.79. The number of carbonyl (C=O) groups is 1. The van der Waals surface area contributed by atoms with E-state index in [-0.39, 0.29) is 5.97 Å². The standard InChI is InChI=1S/C9H16N2O2/c12-9-7-11(4-5-13-9)6-8-2-1-3-10-8/h8,10H,1-7H2. The second-order valence-corrected chi connectivity index (χ2v) is 3.75. The molecule has 2 fully saturated rings. The largest absolute Gasteiger partial charge is 0.463 e. The second kappa shape index (κ2) is 4.07. The van der Waals surface area contributed by atoms with Gasteiger partial charge >= 0.3 is 5.97 Å². The molecule has 13 heavy (non-hydrogen) atoms. The maximum atomic E-state index is 11.0. The molecule has 0 aromatic carbocycles. The van der Waals surface area contributed by atoms with E-state index in [1.807, 2.05) is 0 Å². The van der Waals surface area contributed by atoms with Crippen LogP contribution in [-0.2, 0) is 9.53 Å². The van der Waals surface area contributed by atoms with Crippen molar-refractivity contribution >= 4 is 5.97 Å². The highest BCUT2D eigenvalue weighted by molar-refractivity contribution is 5.72. The topological polar surface area (TPSA) is 41.6 Å². The second-order valence-electron chi connectivity index (χ2n) is 3.75. The molecule has 2 heterocycles. The fraction of sp³-hybridized carbons (Fsp3) is 0.889. The van der Waals surface area contributed by atoms with Crippen LogP contribution in [0.1, 0.15) is 12.8 Å². The molecule has 0 bridgehead atoms. The van der Waals surface area contributed by atoms with Crippen molar-refractivity contribution in [2.24, 2.45) is 0 Å². The van der Waals surface area contributed by atoms with Crippen molar-refractivity contribution < 1.29 is 9.53 Å². The third-order valence-electron chi connectivity index (χ3n) is 2.66. The summed E-state index contributed by atoms with van der Waals surface area (Å²) in [6.45, 7) is 4.05. The van der Waals surface area contributed by atoms with Gasteiger partial charge in [-0.05, 0) is 19.4 Å². The van der Waals surface area contributed by atoms with Crippen molar-refractivity contribution in [3.63, 3.8) is 0 Å². The summed E-state index contributed by atoms with van der Waals surface area (Å²) in [5.74, 6) is -0.0794. The first-order valence-electron chi connectivity index (χ1n) is 4.96. The highest BCUT2D eigenvalue weighted by Gasteiger charge is 2.22. The average Bonchev–Trinajstić information content (AvgIpc) is 2.57. The molecule has 4 nitrogen and oxygen atoms in total. The zero-order chi connectivity index (χ0) is 9.10. The number of rotatable bonds is 2. The predicted octanol–water partition coefficient (Wildman–Crippen LogP) is -0.403. The summed E-state index contributed by atoms with van der Waals surface area (Å²) in [6.07, 6.45) is 2.51. The molecule has 2 aliphatic rings. The SMILES string of the molecule is O=C1CN(CC2CCCN2)CCO1. The van der Waals surface area contributed by atoms with E-state index in [0.29, 0.717) is 19.2 Å². The summed E-state index contributed by atoms with van der Waals surface area (Å²) in [7, 11) is 0. The van der Waals surface area contributed by atoms with E-state index in [0.717, 1.165) is 19.6 Å². The van der Waals surface area contributed by atoms with Gasteiger partial charge in [-0.1, -0.05) is 0 Å². The first-order chi connectivity index (χ1) is 6.34. The van der Waals surface area contributed by atoms with Crippen LogP contribution in [0, 0.1) is 0 Å². The molecule has 1 atom stereocenters. The minimum atomic E-state index is -0.0794. The summed E-state index contributed by atoms with van der Waals surface area (Å²) >= 11 is 0. The Morgan fingerprint density at radius 3 is 3.23 bits per heavy atom. The van der Waals surface area contributed by atoms with E-state index >= 15 is 0 Å². The lowest BCUT2D eigenvalue weighted by atomic mass is 10.2. The predicted molar refractivity (Wildman–Crippen MR) is 48.4 cm³/mol. The van der Waals surface area contributed by atoms with Crippen LogP contribution in [0.25, 0.3) is 0 Å². The van der Waals surface area contributed by atoms with Crippen molar-refractivity contribution in [1.82, 2.24) is 10.2 Å². The fourth-order valence-corrected chi connectivity index (χ4v) is 1.98. The molecule has 74 valence electrons. The molecule has 4 heteroatoms. The van der Waals surface area contributed by atoms with Crippen LogP contribution in [-0.4, -0.2) is 49.7 Å². The molecule has 0 aliphatic carbocycles. The van der Waals surface area contributed by atoms with Gasteiger partial charge in [0, 0.05) is 19.1 Å². The Morgan fingerprint density at radius 1 is 1.62 bits per heavy atom. The van der Waals surface area contributed by atoms with Crippen LogP contribution < -0.4 is 5.32 Å². The van der Waals surface area contributed by atoms with Crippen LogP contribution in [0.15, 0.2) is 0 Å². The number of hydrogen-bond donors (Lipinski definition) is 1. The van der Waals surface area contributed by atoms with Crippen LogP contribution in [0.4, 0.5) is 0 Å². The highest BCUT2D eigenvalue weighted by Crippen LogP contribution is 2.08. The Balaban J connectivity index is 1.76. The third kappa shape index (κ3) is 2.42. The molecule has 2 saturated heterocycles. The van der Waals surface area contributed by atoms with Gasteiger partial charge in [0.1, 0.15) is 6.61 Å².